The Labute approximate surface area is 157 Å². The van der Waals surface area contributed by atoms with Gasteiger partial charge in [0.2, 0.25) is 0 Å². The highest BCUT2D eigenvalue weighted by Crippen LogP contribution is 2.20. The first-order valence-corrected chi connectivity index (χ1v) is 8.94. The van der Waals surface area contributed by atoms with Crippen molar-refractivity contribution in [3.8, 4) is 0 Å². The smallest absolute Gasteiger partial charge is 0.251 e. The molecule has 3 aromatic rings. The van der Waals surface area contributed by atoms with E-state index < -0.39 is 0 Å². The van der Waals surface area contributed by atoms with Crippen LogP contribution in [-0.4, -0.2) is 25.5 Å². The molecule has 0 spiro atoms. The van der Waals surface area contributed by atoms with Crippen LogP contribution in [0, 0.1) is 13.8 Å². The number of nitrogens with zero attached hydrogens (tertiary/aromatic N) is 4. The van der Waals surface area contributed by atoms with Crippen molar-refractivity contribution in [1.29, 1.82) is 0 Å². The molecule has 0 aliphatic rings. The first-order chi connectivity index (χ1) is 12.5. The first-order valence-electron chi connectivity index (χ1n) is 8.57. The number of aromatic nitrogens is 4. The highest BCUT2D eigenvalue weighted by atomic mass is 35.5. The molecule has 0 aliphatic heterocycles. The van der Waals surface area contributed by atoms with E-state index in [1.807, 2.05) is 66.7 Å². The molecule has 0 saturated carbocycles. The van der Waals surface area contributed by atoms with Gasteiger partial charge in [-0.25, -0.2) is 0 Å². The zero-order valence-electron chi connectivity index (χ0n) is 15.2. The van der Waals surface area contributed by atoms with Crippen LogP contribution in [0.4, 0.5) is 0 Å². The number of amides is 1. The standard InChI is InChI=1S/C19H22ClN5O/c1-4-24-10-9-17(23-24)11-21-19(26)16-7-5-15(6-8-16)12-25-14(3)18(20)13(2)22-25/h5-10H,4,11-12H2,1-3H3,(H,21,26). The summed E-state index contributed by atoms with van der Waals surface area (Å²) < 4.78 is 3.71. The highest BCUT2D eigenvalue weighted by Gasteiger charge is 2.10. The number of aryl methyl sites for hydroxylation is 2. The predicted octanol–water partition coefficient (Wildman–Crippen LogP) is 3.35. The molecule has 0 unspecified atom stereocenters. The molecule has 0 atom stereocenters. The van der Waals surface area contributed by atoms with Gasteiger partial charge in [-0.15, -0.1) is 0 Å². The van der Waals surface area contributed by atoms with Gasteiger partial charge in [0, 0.05) is 18.3 Å². The van der Waals surface area contributed by atoms with Crippen LogP contribution in [-0.2, 0) is 19.6 Å². The zero-order valence-corrected chi connectivity index (χ0v) is 15.9. The second-order valence-corrected chi connectivity index (χ2v) is 6.56. The fourth-order valence-electron chi connectivity index (χ4n) is 2.71. The molecule has 26 heavy (non-hydrogen) atoms. The number of hydrogen-bond donors (Lipinski definition) is 1. The maximum absolute atomic E-state index is 12.3. The number of benzene rings is 1. The summed E-state index contributed by atoms with van der Waals surface area (Å²) in [7, 11) is 0. The van der Waals surface area contributed by atoms with Gasteiger partial charge in [0.1, 0.15) is 0 Å². The maximum Gasteiger partial charge on any atom is 0.251 e. The Morgan fingerprint density at radius 3 is 2.46 bits per heavy atom. The summed E-state index contributed by atoms with van der Waals surface area (Å²) in [5.41, 5.74) is 4.29. The zero-order chi connectivity index (χ0) is 18.7. The molecule has 2 heterocycles. The van der Waals surface area contributed by atoms with Crippen LogP contribution < -0.4 is 5.32 Å². The summed E-state index contributed by atoms with van der Waals surface area (Å²) in [5, 5.41) is 12.4. The van der Waals surface area contributed by atoms with E-state index in [-0.39, 0.29) is 5.91 Å². The number of carbonyl (C=O) groups excluding carboxylic acids is 1. The molecule has 1 amide bonds. The molecule has 3 rings (SSSR count). The van der Waals surface area contributed by atoms with Crippen LogP contribution in [0.1, 0.15) is 39.9 Å². The Bertz CT molecular complexity index is 911. The predicted molar refractivity (Wildman–Crippen MR) is 101 cm³/mol. The third kappa shape index (κ3) is 3.96. The van der Waals surface area contributed by atoms with E-state index in [1.54, 1.807) is 0 Å². The molecule has 2 aromatic heterocycles. The lowest BCUT2D eigenvalue weighted by molar-refractivity contribution is 0.0950. The van der Waals surface area contributed by atoms with Crippen molar-refractivity contribution in [1.82, 2.24) is 24.9 Å². The van der Waals surface area contributed by atoms with E-state index in [0.717, 1.165) is 29.2 Å². The molecule has 1 N–H and O–H groups in total. The molecule has 0 saturated heterocycles. The van der Waals surface area contributed by atoms with Crippen LogP contribution in [0.2, 0.25) is 5.02 Å². The van der Waals surface area contributed by atoms with E-state index in [9.17, 15) is 4.79 Å². The van der Waals surface area contributed by atoms with Gasteiger partial charge in [-0.05, 0) is 44.5 Å². The number of rotatable bonds is 6. The SMILES string of the molecule is CCn1ccc(CNC(=O)c2ccc(Cn3nc(C)c(Cl)c3C)cc2)n1. The minimum absolute atomic E-state index is 0.114. The third-order valence-electron chi connectivity index (χ3n) is 4.29. The van der Waals surface area contributed by atoms with E-state index in [1.165, 1.54) is 0 Å². The lowest BCUT2D eigenvalue weighted by Gasteiger charge is -2.07. The van der Waals surface area contributed by atoms with Crippen LogP contribution >= 0.6 is 11.6 Å². The van der Waals surface area contributed by atoms with E-state index in [0.29, 0.717) is 23.7 Å². The number of halogens is 1. The highest BCUT2D eigenvalue weighted by molar-refractivity contribution is 6.31. The normalized spacial score (nSPS) is 10.9. The van der Waals surface area contributed by atoms with Crippen LogP contribution in [0.15, 0.2) is 36.5 Å². The summed E-state index contributed by atoms with van der Waals surface area (Å²) in [6, 6.07) is 9.42. The van der Waals surface area contributed by atoms with Gasteiger partial charge in [0.15, 0.2) is 0 Å². The fourth-order valence-corrected chi connectivity index (χ4v) is 2.85. The molecule has 0 fully saturated rings. The van der Waals surface area contributed by atoms with Gasteiger partial charge in [-0.1, -0.05) is 23.7 Å². The molecular weight excluding hydrogens is 350 g/mol. The monoisotopic (exact) mass is 371 g/mol. The molecular formula is C19H22ClN5O. The largest absolute Gasteiger partial charge is 0.346 e. The Balaban J connectivity index is 1.61. The van der Waals surface area contributed by atoms with Crippen molar-refractivity contribution in [2.75, 3.05) is 0 Å². The second kappa shape index (κ2) is 7.74. The lowest BCUT2D eigenvalue weighted by Crippen LogP contribution is -2.23. The minimum atomic E-state index is -0.114. The van der Waals surface area contributed by atoms with E-state index in [4.69, 9.17) is 11.6 Å². The molecule has 0 bridgehead atoms. The Kier molecular flexibility index (Phi) is 5.42. The summed E-state index contributed by atoms with van der Waals surface area (Å²) in [4.78, 5) is 12.3. The minimum Gasteiger partial charge on any atom is -0.346 e. The average molecular weight is 372 g/mol. The van der Waals surface area contributed by atoms with Gasteiger partial charge in [-0.3, -0.25) is 14.2 Å². The summed E-state index contributed by atoms with van der Waals surface area (Å²) in [5.74, 6) is -0.114. The fraction of sp³-hybridized carbons (Fsp3) is 0.316. The van der Waals surface area contributed by atoms with Crippen molar-refractivity contribution in [2.24, 2.45) is 0 Å². The summed E-state index contributed by atoms with van der Waals surface area (Å²) >= 11 is 6.18. The van der Waals surface area contributed by atoms with Crippen molar-refractivity contribution in [3.05, 3.63) is 69.8 Å². The molecule has 6 nitrogen and oxygen atoms in total. The average Bonchev–Trinajstić information content (AvgIpc) is 3.21. The quantitative estimate of drug-likeness (QED) is 0.722. The van der Waals surface area contributed by atoms with E-state index in [2.05, 4.69) is 15.5 Å². The van der Waals surface area contributed by atoms with Gasteiger partial charge >= 0.3 is 0 Å². The van der Waals surface area contributed by atoms with Crippen molar-refractivity contribution < 1.29 is 4.79 Å². The third-order valence-corrected chi connectivity index (χ3v) is 4.84. The van der Waals surface area contributed by atoms with E-state index >= 15 is 0 Å². The Hall–Kier alpha value is -2.60. The van der Waals surface area contributed by atoms with Gasteiger partial charge in [-0.2, -0.15) is 10.2 Å². The van der Waals surface area contributed by atoms with Crippen LogP contribution in [0.5, 0.6) is 0 Å². The Morgan fingerprint density at radius 1 is 1.15 bits per heavy atom. The second-order valence-electron chi connectivity index (χ2n) is 6.18. The lowest BCUT2D eigenvalue weighted by atomic mass is 10.1. The summed E-state index contributed by atoms with van der Waals surface area (Å²) in [6.45, 7) is 7.72. The van der Waals surface area contributed by atoms with Crippen molar-refractivity contribution in [2.45, 2.75) is 40.4 Å². The van der Waals surface area contributed by atoms with Crippen LogP contribution in [0.3, 0.4) is 0 Å². The van der Waals surface area contributed by atoms with Gasteiger partial charge < -0.3 is 5.32 Å². The number of hydrogen-bond acceptors (Lipinski definition) is 3. The van der Waals surface area contributed by atoms with Gasteiger partial charge in [0.25, 0.3) is 5.91 Å². The van der Waals surface area contributed by atoms with Gasteiger partial charge in [0.05, 0.1) is 35.2 Å². The van der Waals surface area contributed by atoms with Crippen molar-refractivity contribution >= 4 is 17.5 Å². The van der Waals surface area contributed by atoms with Crippen molar-refractivity contribution in [3.63, 3.8) is 0 Å². The maximum atomic E-state index is 12.3. The molecule has 1 aromatic carbocycles. The molecule has 136 valence electrons. The molecule has 7 heteroatoms. The van der Waals surface area contributed by atoms with Crippen LogP contribution in [0.25, 0.3) is 0 Å². The first kappa shape index (κ1) is 18.2. The topological polar surface area (TPSA) is 64.7 Å². The number of nitrogens with one attached hydrogen (secondary N) is 1. The Morgan fingerprint density at radius 2 is 1.88 bits per heavy atom. The molecule has 0 radical (unpaired) electrons. The molecule has 0 aliphatic carbocycles. The summed E-state index contributed by atoms with van der Waals surface area (Å²) in [6.07, 6.45) is 1.90. The number of carbonyl (C=O) groups is 1.